The van der Waals surface area contributed by atoms with Crippen molar-refractivity contribution < 1.29 is 0 Å². The van der Waals surface area contributed by atoms with Crippen molar-refractivity contribution in [3.63, 3.8) is 0 Å². The lowest BCUT2D eigenvalue weighted by Crippen LogP contribution is -2.38. The summed E-state index contributed by atoms with van der Waals surface area (Å²) in [5.41, 5.74) is 6.87. The van der Waals surface area contributed by atoms with Crippen LogP contribution >= 0.6 is 0 Å². The van der Waals surface area contributed by atoms with Crippen LogP contribution in [-0.4, -0.2) is 17.6 Å². The number of aromatic nitrogens is 1. The van der Waals surface area contributed by atoms with E-state index in [1.807, 2.05) is 0 Å². The Balaban J connectivity index is 2.52. The molecule has 104 valence electrons. The minimum absolute atomic E-state index is 0.0879. The predicted octanol–water partition coefficient (Wildman–Crippen LogP) is 2.91. The zero-order valence-corrected chi connectivity index (χ0v) is 12.1. The van der Waals surface area contributed by atoms with Gasteiger partial charge in [0.05, 0.1) is 5.56 Å². The van der Waals surface area contributed by atoms with Crippen molar-refractivity contribution in [1.29, 1.82) is 5.26 Å². The van der Waals surface area contributed by atoms with Gasteiger partial charge in [-0.05, 0) is 30.4 Å². The zero-order valence-electron chi connectivity index (χ0n) is 12.1. The third-order valence-corrected chi connectivity index (χ3v) is 3.59. The number of anilines is 1. The largest absolute Gasteiger partial charge is 0.369 e. The maximum Gasteiger partial charge on any atom is 0.143 e. The van der Waals surface area contributed by atoms with Gasteiger partial charge in [-0.25, -0.2) is 4.98 Å². The second kappa shape index (κ2) is 7.10. The van der Waals surface area contributed by atoms with Gasteiger partial charge in [-0.1, -0.05) is 27.2 Å². The summed E-state index contributed by atoms with van der Waals surface area (Å²) in [6.07, 6.45) is 4.80. The maximum absolute atomic E-state index is 8.99. The van der Waals surface area contributed by atoms with Gasteiger partial charge in [0.25, 0.3) is 0 Å². The molecule has 1 rings (SSSR count). The van der Waals surface area contributed by atoms with Crippen LogP contribution in [0.2, 0.25) is 0 Å². The van der Waals surface area contributed by atoms with E-state index in [1.54, 1.807) is 18.3 Å². The fraction of sp³-hybridized carbons (Fsp3) is 0.600. The average molecular weight is 260 g/mol. The molecule has 0 amide bonds. The molecule has 0 aliphatic rings. The van der Waals surface area contributed by atoms with E-state index in [-0.39, 0.29) is 11.5 Å². The lowest BCUT2D eigenvalue weighted by molar-refractivity contribution is 0.257. The highest BCUT2D eigenvalue weighted by molar-refractivity contribution is 5.51. The lowest BCUT2D eigenvalue weighted by atomic mass is 9.79. The quantitative estimate of drug-likeness (QED) is 0.790. The first kappa shape index (κ1) is 15.5. The van der Waals surface area contributed by atoms with Gasteiger partial charge in [0, 0.05) is 18.8 Å². The van der Waals surface area contributed by atoms with E-state index in [9.17, 15) is 0 Å². The summed E-state index contributed by atoms with van der Waals surface area (Å²) in [5, 5.41) is 12.2. The smallest absolute Gasteiger partial charge is 0.143 e. The Labute approximate surface area is 116 Å². The number of pyridine rings is 1. The van der Waals surface area contributed by atoms with Crippen LogP contribution in [0.15, 0.2) is 18.3 Å². The Morgan fingerprint density at radius 1 is 1.53 bits per heavy atom. The van der Waals surface area contributed by atoms with Gasteiger partial charge < -0.3 is 11.1 Å². The first-order valence-electron chi connectivity index (χ1n) is 6.86. The number of hydrogen-bond acceptors (Lipinski definition) is 4. The molecule has 1 aromatic heterocycles. The molecule has 4 nitrogen and oxygen atoms in total. The molecule has 0 spiro atoms. The van der Waals surface area contributed by atoms with E-state index in [0.717, 1.165) is 25.8 Å². The highest BCUT2D eigenvalue weighted by Crippen LogP contribution is 2.26. The summed E-state index contributed by atoms with van der Waals surface area (Å²) in [6, 6.07) is 5.88. The lowest BCUT2D eigenvalue weighted by Gasteiger charge is -2.31. The minimum atomic E-state index is 0.0879. The van der Waals surface area contributed by atoms with Gasteiger partial charge in [-0.3, -0.25) is 0 Å². The Bertz CT molecular complexity index is 434. The number of hydrogen-bond donors (Lipinski definition) is 2. The normalized spacial score (nSPS) is 12.8. The Kier molecular flexibility index (Phi) is 5.78. The molecule has 1 aromatic rings. The van der Waals surface area contributed by atoms with Gasteiger partial charge in [0.15, 0.2) is 0 Å². The number of nitrogens with one attached hydrogen (secondary N) is 1. The maximum atomic E-state index is 8.99. The fourth-order valence-corrected chi connectivity index (χ4v) is 2.03. The standard InChI is InChI=1S/C15H24N4/c1-4-6-13(17)15(2,3)8-10-19-14-12(11-16)7-5-9-18-14/h5,7,9,13H,4,6,8,10,17H2,1-3H3,(H,18,19)/t13-/m1/s1. The van der Waals surface area contributed by atoms with Crippen LogP contribution in [0.1, 0.15) is 45.6 Å². The summed E-state index contributed by atoms with van der Waals surface area (Å²) in [6.45, 7) is 7.31. The number of rotatable bonds is 7. The molecule has 0 saturated carbocycles. The number of nitrogens with two attached hydrogens (primary N) is 1. The first-order valence-corrected chi connectivity index (χ1v) is 6.86. The summed E-state index contributed by atoms with van der Waals surface area (Å²) in [5.74, 6) is 0.657. The van der Waals surface area contributed by atoms with Gasteiger partial charge in [-0.15, -0.1) is 0 Å². The third-order valence-electron chi connectivity index (χ3n) is 3.59. The average Bonchev–Trinajstić information content (AvgIpc) is 2.39. The van der Waals surface area contributed by atoms with E-state index in [0.29, 0.717) is 11.4 Å². The molecule has 3 N–H and O–H groups in total. The van der Waals surface area contributed by atoms with Gasteiger partial charge in [-0.2, -0.15) is 5.26 Å². The van der Waals surface area contributed by atoms with Crippen molar-refractivity contribution in [3.05, 3.63) is 23.9 Å². The van der Waals surface area contributed by atoms with Crippen molar-refractivity contribution in [2.45, 2.75) is 46.1 Å². The van der Waals surface area contributed by atoms with E-state index in [1.165, 1.54) is 0 Å². The molecule has 0 saturated heterocycles. The summed E-state index contributed by atoms with van der Waals surface area (Å²) in [4.78, 5) is 4.19. The molecular weight excluding hydrogens is 236 g/mol. The zero-order chi connectivity index (χ0) is 14.3. The SMILES string of the molecule is CCC[C@@H](N)C(C)(C)CCNc1ncccc1C#N. The highest BCUT2D eigenvalue weighted by Gasteiger charge is 2.25. The predicted molar refractivity (Wildman–Crippen MR) is 78.7 cm³/mol. The molecule has 0 unspecified atom stereocenters. The molecule has 4 heteroatoms. The molecule has 0 aliphatic carbocycles. The van der Waals surface area contributed by atoms with Crippen LogP contribution in [0.4, 0.5) is 5.82 Å². The fourth-order valence-electron chi connectivity index (χ4n) is 2.03. The number of nitriles is 1. The first-order chi connectivity index (χ1) is 9.01. The van der Waals surface area contributed by atoms with Crippen molar-refractivity contribution in [2.75, 3.05) is 11.9 Å². The molecule has 0 aromatic carbocycles. The second-order valence-electron chi connectivity index (χ2n) is 5.57. The Morgan fingerprint density at radius 3 is 2.89 bits per heavy atom. The van der Waals surface area contributed by atoms with E-state index >= 15 is 0 Å². The molecule has 1 heterocycles. The highest BCUT2D eigenvalue weighted by atomic mass is 15.0. The molecule has 0 bridgehead atoms. The molecule has 0 radical (unpaired) electrons. The van der Waals surface area contributed by atoms with Crippen LogP contribution < -0.4 is 11.1 Å². The van der Waals surface area contributed by atoms with Crippen LogP contribution in [-0.2, 0) is 0 Å². The monoisotopic (exact) mass is 260 g/mol. The molecule has 0 fully saturated rings. The van der Waals surface area contributed by atoms with E-state index < -0.39 is 0 Å². The number of nitrogens with zero attached hydrogens (tertiary/aromatic N) is 2. The molecule has 19 heavy (non-hydrogen) atoms. The molecule has 1 atom stereocenters. The van der Waals surface area contributed by atoms with Crippen LogP contribution in [0.3, 0.4) is 0 Å². The van der Waals surface area contributed by atoms with Crippen LogP contribution in [0.5, 0.6) is 0 Å². The topological polar surface area (TPSA) is 74.7 Å². The Morgan fingerprint density at radius 2 is 2.26 bits per heavy atom. The minimum Gasteiger partial charge on any atom is -0.369 e. The van der Waals surface area contributed by atoms with E-state index in [4.69, 9.17) is 11.0 Å². The van der Waals surface area contributed by atoms with Gasteiger partial charge in [0.2, 0.25) is 0 Å². The third kappa shape index (κ3) is 4.53. The van der Waals surface area contributed by atoms with Crippen molar-refractivity contribution >= 4 is 5.82 Å². The molecule has 0 aliphatic heterocycles. The van der Waals surface area contributed by atoms with E-state index in [2.05, 4.69) is 37.1 Å². The second-order valence-corrected chi connectivity index (χ2v) is 5.57. The summed E-state index contributed by atoms with van der Waals surface area (Å²) in [7, 11) is 0. The van der Waals surface area contributed by atoms with Crippen molar-refractivity contribution in [3.8, 4) is 6.07 Å². The van der Waals surface area contributed by atoms with Gasteiger partial charge >= 0.3 is 0 Å². The Hall–Kier alpha value is -1.60. The van der Waals surface area contributed by atoms with Crippen LogP contribution in [0.25, 0.3) is 0 Å². The molecular formula is C15H24N4. The van der Waals surface area contributed by atoms with Gasteiger partial charge in [0.1, 0.15) is 11.9 Å². The van der Waals surface area contributed by atoms with Crippen LogP contribution in [0, 0.1) is 16.7 Å². The summed E-state index contributed by atoms with van der Waals surface area (Å²) >= 11 is 0. The van der Waals surface area contributed by atoms with Crippen molar-refractivity contribution in [2.24, 2.45) is 11.1 Å². The van der Waals surface area contributed by atoms with Crippen molar-refractivity contribution in [1.82, 2.24) is 4.98 Å². The summed E-state index contributed by atoms with van der Waals surface area (Å²) < 4.78 is 0.